The highest BCUT2D eigenvalue weighted by molar-refractivity contribution is 9.10. The SMILES string of the molecule is O=C1CCN(CCCOc2ccc(Br)cc2)CC1. The highest BCUT2D eigenvalue weighted by Crippen LogP contribution is 2.16. The van der Waals surface area contributed by atoms with Crippen molar-refractivity contribution in [3.8, 4) is 5.75 Å². The predicted molar refractivity (Wildman–Crippen MR) is 74.9 cm³/mol. The Hall–Kier alpha value is -0.870. The van der Waals surface area contributed by atoms with Gasteiger partial charge < -0.3 is 9.64 Å². The van der Waals surface area contributed by atoms with E-state index in [1.807, 2.05) is 24.3 Å². The summed E-state index contributed by atoms with van der Waals surface area (Å²) in [6.45, 7) is 3.57. The van der Waals surface area contributed by atoms with E-state index in [2.05, 4.69) is 20.8 Å². The summed E-state index contributed by atoms with van der Waals surface area (Å²) in [6, 6.07) is 7.88. The fraction of sp³-hybridized carbons (Fsp3) is 0.500. The average Bonchev–Trinajstić information content (AvgIpc) is 2.39. The molecule has 1 aromatic carbocycles. The Morgan fingerprint density at radius 1 is 1.17 bits per heavy atom. The second kappa shape index (κ2) is 6.90. The smallest absolute Gasteiger partial charge is 0.135 e. The number of carbonyl (C=O) groups excluding carboxylic acids is 1. The molecular formula is C14H18BrNO2. The van der Waals surface area contributed by atoms with Crippen LogP contribution < -0.4 is 4.74 Å². The summed E-state index contributed by atoms with van der Waals surface area (Å²) in [4.78, 5) is 13.4. The maximum absolute atomic E-state index is 11.1. The molecule has 2 rings (SSSR count). The zero-order chi connectivity index (χ0) is 12.8. The molecule has 0 N–H and O–H groups in total. The normalized spacial score (nSPS) is 16.8. The van der Waals surface area contributed by atoms with E-state index in [-0.39, 0.29) is 0 Å². The van der Waals surface area contributed by atoms with Crippen molar-refractivity contribution in [2.24, 2.45) is 0 Å². The van der Waals surface area contributed by atoms with Crippen molar-refractivity contribution >= 4 is 21.7 Å². The van der Waals surface area contributed by atoms with Crippen molar-refractivity contribution < 1.29 is 9.53 Å². The Bertz CT molecular complexity index is 381. The first-order valence-corrected chi connectivity index (χ1v) is 7.16. The van der Waals surface area contributed by atoms with E-state index in [4.69, 9.17) is 4.74 Å². The zero-order valence-electron chi connectivity index (χ0n) is 10.4. The lowest BCUT2D eigenvalue weighted by Crippen LogP contribution is -2.34. The van der Waals surface area contributed by atoms with Gasteiger partial charge in [0.1, 0.15) is 11.5 Å². The molecule has 4 heteroatoms. The third-order valence-corrected chi connectivity index (χ3v) is 3.64. The minimum Gasteiger partial charge on any atom is -0.494 e. The van der Waals surface area contributed by atoms with Gasteiger partial charge in [-0.15, -0.1) is 0 Å². The minimum atomic E-state index is 0.400. The summed E-state index contributed by atoms with van der Waals surface area (Å²) in [7, 11) is 0. The van der Waals surface area contributed by atoms with Crippen LogP contribution in [0.25, 0.3) is 0 Å². The van der Waals surface area contributed by atoms with Crippen LogP contribution in [-0.4, -0.2) is 36.9 Å². The lowest BCUT2D eigenvalue weighted by molar-refractivity contribution is -0.121. The average molecular weight is 312 g/mol. The molecule has 1 fully saturated rings. The third-order valence-electron chi connectivity index (χ3n) is 3.11. The van der Waals surface area contributed by atoms with E-state index >= 15 is 0 Å². The molecule has 0 bridgehead atoms. The molecule has 98 valence electrons. The molecular weight excluding hydrogens is 294 g/mol. The van der Waals surface area contributed by atoms with E-state index in [0.29, 0.717) is 18.6 Å². The molecule has 3 nitrogen and oxygen atoms in total. The van der Waals surface area contributed by atoms with Crippen LogP contribution in [0.15, 0.2) is 28.7 Å². The summed E-state index contributed by atoms with van der Waals surface area (Å²) in [5, 5.41) is 0. The Balaban J connectivity index is 1.61. The number of ketones is 1. The van der Waals surface area contributed by atoms with Crippen LogP contribution in [-0.2, 0) is 4.79 Å². The molecule has 0 atom stereocenters. The van der Waals surface area contributed by atoms with E-state index < -0.39 is 0 Å². The van der Waals surface area contributed by atoms with Crippen molar-refractivity contribution in [3.63, 3.8) is 0 Å². The Kier molecular flexibility index (Phi) is 5.20. The van der Waals surface area contributed by atoms with Gasteiger partial charge in [-0.25, -0.2) is 0 Å². The number of benzene rings is 1. The number of likely N-dealkylation sites (tertiary alicyclic amines) is 1. The first-order valence-electron chi connectivity index (χ1n) is 6.36. The van der Waals surface area contributed by atoms with Crippen molar-refractivity contribution in [2.45, 2.75) is 19.3 Å². The summed E-state index contributed by atoms with van der Waals surface area (Å²) >= 11 is 3.39. The quantitative estimate of drug-likeness (QED) is 0.783. The molecule has 1 aliphatic rings. The lowest BCUT2D eigenvalue weighted by Gasteiger charge is -2.25. The first-order chi connectivity index (χ1) is 8.74. The van der Waals surface area contributed by atoms with Gasteiger partial charge in [0.15, 0.2) is 0 Å². The topological polar surface area (TPSA) is 29.5 Å². The number of ether oxygens (including phenoxy) is 1. The second-order valence-corrected chi connectivity index (χ2v) is 5.45. The van der Waals surface area contributed by atoms with Crippen LogP contribution >= 0.6 is 15.9 Å². The molecule has 0 unspecified atom stereocenters. The number of halogens is 1. The zero-order valence-corrected chi connectivity index (χ0v) is 12.0. The van der Waals surface area contributed by atoms with Crippen LogP contribution in [0.1, 0.15) is 19.3 Å². The van der Waals surface area contributed by atoms with Gasteiger partial charge in [0.2, 0.25) is 0 Å². The summed E-state index contributed by atoms with van der Waals surface area (Å²) < 4.78 is 6.72. The largest absolute Gasteiger partial charge is 0.494 e. The van der Waals surface area contributed by atoms with Gasteiger partial charge in [-0.05, 0) is 30.7 Å². The second-order valence-electron chi connectivity index (χ2n) is 4.54. The van der Waals surface area contributed by atoms with Gasteiger partial charge in [-0.3, -0.25) is 4.79 Å². The molecule has 1 aromatic rings. The molecule has 18 heavy (non-hydrogen) atoms. The van der Waals surface area contributed by atoms with E-state index in [9.17, 15) is 4.79 Å². The molecule has 1 heterocycles. The van der Waals surface area contributed by atoms with Crippen LogP contribution in [0.4, 0.5) is 0 Å². The molecule has 0 radical (unpaired) electrons. The van der Waals surface area contributed by atoms with Crippen LogP contribution in [0.5, 0.6) is 5.75 Å². The third kappa shape index (κ3) is 4.42. The van der Waals surface area contributed by atoms with Crippen LogP contribution in [0.2, 0.25) is 0 Å². The van der Waals surface area contributed by atoms with Crippen molar-refractivity contribution in [1.29, 1.82) is 0 Å². The molecule has 0 saturated carbocycles. The fourth-order valence-corrected chi connectivity index (χ4v) is 2.30. The number of nitrogens with zero attached hydrogens (tertiary/aromatic N) is 1. The maximum Gasteiger partial charge on any atom is 0.135 e. The summed E-state index contributed by atoms with van der Waals surface area (Å²) in [5.41, 5.74) is 0. The van der Waals surface area contributed by atoms with E-state index in [0.717, 1.165) is 42.9 Å². The molecule has 1 aliphatic heterocycles. The standard InChI is InChI=1S/C14H18BrNO2/c15-12-2-4-14(5-3-12)18-11-1-8-16-9-6-13(17)7-10-16/h2-5H,1,6-11H2. The Labute approximate surface area is 116 Å². The lowest BCUT2D eigenvalue weighted by atomic mass is 10.1. The van der Waals surface area contributed by atoms with Crippen LogP contribution in [0.3, 0.4) is 0 Å². The van der Waals surface area contributed by atoms with Gasteiger partial charge in [-0.1, -0.05) is 15.9 Å². The van der Waals surface area contributed by atoms with Gasteiger partial charge in [0.05, 0.1) is 6.61 Å². The van der Waals surface area contributed by atoms with Crippen LogP contribution in [0, 0.1) is 0 Å². The molecule has 0 amide bonds. The van der Waals surface area contributed by atoms with Crippen molar-refractivity contribution in [1.82, 2.24) is 4.90 Å². The monoisotopic (exact) mass is 311 g/mol. The van der Waals surface area contributed by atoms with Gasteiger partial charge in [-0.2, -0.15) is 0 Å². The Morgan fingerprint density at radius 3 is 2.50 bits per heavy atom. The van der Waals surface area contributed by atoms with Crippen molar-refractivity contribution in [3.05, 3.63) is 28.7 Å². The summed E-state index contributed by atoms with van der Waals surface area (Å²) in [6.07, 6.45) is 2.44. The van der Waals surface area contributed by atoms with Gasteiger partial charge in [0, 0.05) is 36.9 Å². The minimum absolute atomic E-state index is 0.400. The van der Waals surface area contributed by atoms with E-state index in [1.165, 1.54) is 0 Å². The molecule has 0 spiro atoms. The first kappa shape index (κ1) is 13.6. The van der Waals surface area contributed by atoms with Gasteiger partial charge >= 0.3 is 0 Å². The molecule has 1 saturated heterocycles. The molecule has 0 aromatic heterocycles. The number of hydrogen-bond donors (Lipinski definition) is 0. The van der Waals surface area contributed by atoms with E-state index in [1.54, 1.807) is 0 Å². The number of Topliss-reactive ketones (excluding diaryl/α,β-unsaturated/α-hetero) is 1. The maximum atomic E-state index is 11.1. The number of rotatable bonds is 5. The fourth-order valence-electron chi connectivity index (χ4n) is 2.04. The highest BCUT2D eigenvalue weighted by Gasteiger charge is 2.15. The van der Waals surface area contributed by atoms with Crippen molar-refractivity contribution in [2.75, 3.05) is 26.2 Å². The van der Waals surface area contributed by atoms with Gasteiger partial charge in [0.25, 0.3) is 0 Å². The number of carbonyl (C=O) groups is 1. The molecule has 0 aliphatic carbocycles. The number of piperidine rings is 1. The summed E-state index contributed by atoms with van der Waals surface area (Å²) in [5.74, 6) is 1.31. The highest BCUT2D eigenvalue weighted by atomic mass is 79.9. The predicted octanol–water partition coefficient (Wildman–Crippen LogP) is 2.88. The number of hydrogen-bond acceptors (Lipinski definition) is 3. The Morgan fingerprint density at radius 2 is 1.83 bits per heavy atom.